The van der Waals surface area contributed by atoms with Crippen LogP contribution in [-0.2, 0) is 11.3 Å². The molecule has 164 valence electrons. The van der Waals surface area contributed by atoms with E-state index in [1.54, 1.807) is 36.5 Å². The van der Waals surface area contributed by atoms with E-state index in [1.807, 2.05) is 11.0 Å². The number of hydrogen-bond acceptors (Lipinski definition) is 5. The average molecular weight is 434 g/mol. The third-order valence-corrected chi connectivity index (χ3v) is 5.09. The van der Waals surface area contributed by atoms with Crippen molar-refractivity contribution in [3.8, 4) is 0 Å². The zero-order chi connectivity index (χ0) is 22.3. The van der Waals surface area contributed by atoms with Crippen molar-refractivity contribution in [1.29, 1.82) is 0 Å². The second kappa shape index (κ2) is 10.0. The number of nitrogens with one attached hydrogen (secondary N) is 2. The van der Waals surface area contributed by atoms with Gasteiger partial charge in [-0.2, -0.15) is 0 Å². The highest BCUT2D eigenvalue weighted by Crippen LogP contribution is 2.19. The molecule has 0 aliphatic carbocycles. The fourth-order valence-corrected chi connectivity index (χ4v) is 3.44. The SMILES string of the molecule is O=C(Nc1cccc(CNC(=O)c2cccnc2N2CCOCC2)c1)c1ccc(F)cc1. The van der Waals surface area contributed by atoms with Gasteiger partial charge in [-0.05, 0) is 54.1 Å². The third kappa shape index (κ3) is 5.28. The van der Waals surface area contributed by atoms with Gasteiger partial charge in [0, 0.05) is 37.1 Å². The van der Waals surface area contributed by atoms with Crippen molar-refractivity contribution in [3.05, 3.63) is 89.4 Å². The van der Waals surface area contributed by atoms with Crippen LogP contribution >= 0.6 is 0 Å². The van der Waals surface area contributed by atoms with E-state index in [0.717, 1.165) is 5.56 Å². The molecule has 0 spiro atoms. The van der Waals surface area contributed by atoms with Crippen LogP contribution in [0, 0.1) is 5.82 Å². The predicted molar refractivity (Wildman–Crippen MR) is 119 cm³/mol. The van der Waals surface area contributed by atoms with E-state index in [2.05, 4.69) is 15.6 Å². The monoisotopic (exact) mass is 434 g/mol. The number of nitrogens with zero attached hydrogens (tertiary/aromatic N) is 2. The predicted octanol–water partition coefficient (Wildman–Crippen LogP) is 3.24. The second-order valence-corrected chi connectivity index (χ2v) is 7.32. The summed E-state index contributed by atoms with van der Waals surface area (Å²) in [5.41, 5.74) is 2.28. The molecule has 1 aromatic heterocycles. The fraction of sp³-hybridized carbons (Fsp3) is 0.208. The first-order chi connectivity index (χ1) is 15.6. The number of amides is 2. The van der Waals surface area contributed by atoms with Crippen LogP contribution in [0.4, 0.5) is 15.9 Å². The van der Waals surface area contributed by atoms with E-state index in [1.165, 1.54) is 24.3 Å². The Morgan fingerprint density at radius 2 is 1.78 bits per heavy atom. The van der Waals surface area contributed by atoms with Gasteiger partial charge in [-0.3, -0.25) is 9.59 Å². The van der Waals surface area contributed by atoms with Gasteiger partial charge in [0.15, 0.2) is 0 Å². The molecule has 1 saturated heterocycles. The quantitative estimate of drug-likeness (QED) is 0.622. The van der Waals surface area contributed by atoms with Crippen LogP contribution in [0.25, 0.3) is 0 Å². The highest BCUT2D eigenvalue weighted by molar-refractivity contribution is 6.04. The molecule has 4 rings (SSSR count). The van der Waals surface area contributed by atoms with E-state index >= 15 is 0 Å². The van der Waals surface area contributed by atoms with Gasteiger partial charge in [-0.25, -0.2) is 9.37 Å². The first-order valence-corrected chi connectivity index (χ1v) is 10.3. The molecule has 0 saturated carbocycles. The number of halogens is 1. The molecule has 1 aliphatic rings. The number of anilines is 2. The largest absolute Gasteiger partial charge is 0.378 e. The summed E-state index contributed by atoms with van der Waals surface area (Å²) < 4.78 is 18.4. The first-order valence-electron chi connectivity index (χ1n) is 10.3. The van der Waals surface area contributed by atoms with Crippen molar-refractivity contribution < 1.29 is 18.7 Å². The van der Waals surface area contributed by atoms with Gasteiger partial charge >= 0.3 is 0 Å². The Morgan fingerprint density at radius 3 is 2.56 bits per heavy atom. The lowest BCUT2D eigenvalue weighted by Crippen LogP contribution is -2.38. The lowest BCUT2D eigenvalue weighted by atomic mass is 10.1. The molecule has 0 bridgehead atoms. The summed E-state index contributed by atoms with van der Waals surface area (Å²) in [6.45, 7) is 2.87. The standard InChI is InChI=1S/C24H23FN4O3/c25-19-8-6-18(7-9-19)23(30)28-20-4-1-3-17(15-20)16-27-24(31)21-5-2-10-26-22(21)29-11-13-32-14-12-29/h1-10,15H,11-14,16H2,(H,27,31)(H,28,30). The Kier molecular flexibility index (Phi) is 6.72. The van der Waals surface area contributed by atoms with Gasteiger partial charge in [0.1, 0.15) is 11.6 Å². The number of ether oxygens (including phenoxy) is 1. The summed E-state index contributed by atoms with van der Waals surface area (Å²) in [4.78, 5) is 31.6. The van der Waals surface area contributed by atoms with E-state index in [4.69, 9.17) is 4.74 Å². The topological polar surface area (TPSA) is 83.6 Å². The van der Waals surface area contributed by atoms with Gasteiger partial charge in [0.05, 0.1) is 18.8 Å². The van der Waals surface area contributed by atoms with Crippen molar-refractivity contribution >= 4 is 23.3 Å². The van der Waals surface area contributed by atoms with Gasteiger partial charge in [-0.1, -0.05) is 12.1 Å². The summed E-state index contributed by atoms with van der Waals surface area (Å²) in [6.07, 6.45) is 1.68. The van der Waals surface area contributed by atoms with Crippen LogP contribution in [0.3, 0.4) is 0 Å². The van der Waals surface area contributed by atoms with Crippen LogP contribution in [0.1, 0.15) is 26.3 Å². The van der Waals surface area contributed by atoms with Crippen molar-refractivity contribution in [3.63, 3.8) is 0 Å². The maximum absolute atomic E-state index is 13.1. The summed E-state index contributed by atoms with van der Waals surface area (Å²) in [6, 6.07) is 16.0. The van der Waals surface area contributed by atoms with E-state index in [0.29, 0.717) is 48.9 Å². The molecule has 1 fully saturated rings. The molecule has 2 N–H and O–H groups in total. The molecule has 0 unspecified atom stereocenters. The smallest absolute Gasteiger partial charge is 0.255 e. The zero-order valence-corrected chi connectivity index (χ0v) is 17.4. The van der Waals surface area contributed by atoms with Crippen molar-refractivity contribution in [1.82, 2.24) is 10.3 Å². The number of carbonyl (C=O) groups excluding carboxylic acids is 2. The average Bonchev–Trinajstić information content (AvgIpc) is 2.84. The third-order valence-electron chi connectivity index (χ3n) is 5.09. The van der Waals surface area contributed by atoms with Gasteiger partial charge in [-0.15, -0.1) is 0 Å². The number of rotatable bonds is 6. The van der Waals surface area contributed by atoms with E-state index in [9.17, 15) is 14.0 Å². The van der Waals surface area contributed by atoms with Crippen LogP contribution in [0.5, 0.6) is 0 Å². The molecule has 2 amide bonds. The molecule has 2 heterocycles. The summed E-state index contributed by atoms with van der Waals surface area (Å²) in [5.74, 6) is -0.310. The Hall–Kier alpha value is -3.78. The molecule has 7 nitrogen and oxygen atoms in total. The lowest BCUT2D eigenvalue weighted by molar-refractivity contribution is 0.0948. The fourth-order valence-electron chi connectivity index (χ4n) is 3.44. The first kappa shape index (κ1) is 21.5. The van der Waals surface area contributed by atoms with Gasteiger partial charge < -0.3 is 20.3 Å². The molecule has 3 aromatic rings. The molecule has 1 aliphatic heterocycles. The maximum atomic E-state index is 13.1. The Morgan fingerprint density at radius 1 is 1.00 bits per heavy atom. The number of aromatic nitrogens is 1. The zero-order valence-electron chi connectivity index (χ0n) is 17.4. The molecule has 2 aromatic carbocycles. The molecular formula is C24H23FN4O3. The minimum Gasteiger partial charge on any atom is -0.378 e. The van der Waals surface area contributed by atoms with Crippen LogP contribution < -0.4 is 15.5 Å². The lowest BCUT2D eigenvalue weighted by Gasteiger charge is -2.29. The van der Waals surface area contributed by atoms with Crippen LogP contribution in [0.2, 0.25) is 0 Å². The number of benzene rings is 2. The van der Waals surface area contributed by atoms with Crippen LogP contribution in [0.15, 0.2) is 66.9 Å². The number of pyridine rings is 1. The summed E-state index contributed by atoms with van der Waals surface area (Å²) in [5, 5.41) is 5.71. The maximum Gasteiger partial charge on any atom is 0.255 e. The number of morpholine rings is 1. The Labute approximate surface area is 185 Å². The molecule has 32 heavy (non-hydrogen) atoms. The van der Waals surface area contributed by atoms with Crippen molar-refractivity contribution in [2.75, 3.05) is 36.5 Å². The van der Waals surface area contributed by atoms with Gasteiger partial charge in [0.2, 0.25) is 0 Å². The highest BCUT2D eigenvalue weighted by atomic mass is 19.1. The highest BCUT2D eigenvalue weighted by Gasteiger charge is 2.19. The van der Waals surface area contributed by atoms with Crippen molar-refractivity contribution in [2.24, 2.45) is 0 Å². The summed E-state index contributed by atoms with van der Waals surface area (Å²) in [7, 11) is 0. The second-order valence-electron chi connectivity index (χ2n) is 7.32. The molecular weight excluding hydrogens is 411 g/mol. The van der Waals surface area contributed by atoms with E-state index < -0.39 is 5.82 Å². The summed E-state index contributed by atoms with van der Waals surface area (Å²) >= 11 is 0. The van der Waals surface area contributed by atoms with Crippen molar-refractivity contribution in [2.45, 2.75) is 6.54 Å². The number of hydrogen-bond donors (Lipinski definition) is 2. The Bertz CT molecular complexity index is 1100. The minimum absolute atomic E-state index is 0.222. The normalized spacial score (nSPS) is 13.5. The Balaban J connectivity index is 1.40. The van der Waals surface area contributed by atoms with E-state index in [-0.39, 0.29) is 18.4 Å². The minimum atomic E-state index is -0.398. The number of carbonyl (C=O) groups is 2. The molecule has 0 radical (unpaired) electrons. The molecule has 8 heteroatoms. The van der Waals surface area contributed by atoms with Gasteiger partial charge in [0.25, 0.3) is 11.8 Å². The molecule has 0 atom stereocenters. The van der Waals surface area contributed by atoms with Crippen LogP contribution in [-0.4, -0.2) is 43.1 Å².